The van der Waals surface area contributed by atoms with Gasteiger partial charge in [-0.1, -0.05) is 6.92 Å². The molecule has 0 fully saturated rings. The van der Waals surface area contributed by atoms with Crippen LogP contribution in [0.2, 0.25) is 0 Å². The van der Waals surface area contributed by atoms with E-state index in [0.717, 1.165) is 17.4 Å². The topological polar surface area (TPSA) is 53.4 Å². The summed E-state index contributed by atoms with van der Waals surface area (Å²) in [5.74, 6) is 0.717. The van der Waals surface area contributed by atoms with E-state index in [9.17, 15) is 4.79 Å². The molecule has 2 aromatic rings. The van der Waals surface area contributed by atoms with Gasteiger partial charge in [0.1, 0.15) is 11.4 Å². The van der Waals surface area contributed by atoms with Gasteiger partial charge in [0.2, 0.25) is 0 Å². The average molecular weight is 276 g/mol. The molecule has 0 unspecified atom stereocenters. The molecule has 2 heterocycles. The number of rotatable bonds is 2. The molecule has 0 spiro atoms. The molecule has 0 aliphatic carbocycles. The maximum Gasteiger partial charge on any atom is 0.420 e. The van der Waals surface area contributed by atoms with Crippen LogP contribution in [0, 0.1) is 0 Å². The third-order valence-corrected chi connectivity index (χ3v) is 2.92. The first-order chi connectivity index (χ1) is 9.37. The smallest absolute Gasteiger partial charge is 0.420 e. The fourth-order valence-electron chi connectivity index (χ4n) is 2.09. The molecule has 0 saturated heterocycles. The van der Waals surface area contributed by atoms with Crippen LogP contribution in [0.1, 0.15) is 33.3 Å². The van der Waals surface area contributed by atoms with Gasteiger partial charge in [-0.25, -0.2) is 14.3 Å². The van der Waals surface area contributed by atoms with Gasteiger partial charge in [0.05, 0.1) is 12.5 Å². The number of aromatic nitrogens is 2. The van der Waals surface area contributed by atoms with E-state index in [2.05, 4.69) is 4.98 Å². The quantitative estimate of drug-likeness (QED) is 0.843. The lowest BCUT2D eigenvalue weighted by atomic mass is 10.1. The number of carbonyl (C=O) groups is 1. The number of ether oxygens (including phenoxy) is 2. The molecule has 0 N–H and O–H groups in total. The Labute approximate surface area is 118 Å². The predicted octanol–water partition coefficient (Wildman–Crippen LogP) is 3.39. The fourth-order valence-corrected chi connectivity index (χ4v) is 2.09. The molecular formula is C15H20N2O3. The molecule has 20 heavy (non-hydrogen) atoms. The van der Waals surface area contributed by atoms with Gasteiger partial charge in [-0.3, -0.25) is 0 Å². The van der Waals surface area contributed by atoms with E-state index in [4.69, 9.17) is 9.47 Å². The lowest BCUT2D eigenvalue weighted by molar-refractivity contribution is 0.0543. The number of hydrogen-bond donors (Lipinski definition) is 0. The fraction of sp³-hybridized carbons (Fsp3) is 0.467. The number of pyridine rings is 1. The summed E-state index contributed by atoms with van der Waals surface area (Å²) in [6.07, 6.45) is 3.76. The summed E-state index contributed by atoms with van der Waals surface area (Å²) in [5.41, 5.74) is 1.03. The number of aryl methyl sites for hydroxylation is 1. The number of methoxy groups -OCH3 is 1. The zero-order valence-electron chi connectivity index (χ0n) is 12.6. The van der Waals surface area contributed by atoms with E-state index >= 15 is 0 Å². The molecule has 0 saturated carbocycles. The van der Waals surface area contributed by atoms with Crippen LogP contribution in [0.25, 0.3) is 11.0 Å². The molecular weight excluding hydrogens is 256 g/mol. The lowest BCUT2D eigenvalue weighted by Gasteiger charge is -2.19. The minimum absolute atomic E-state index is 0.428. The van der Waals surface area contributed by atoms with E-state index in [-0.39, 0.29) is 0 Å². The molecule has 0 aliphatic rings. The van der Waals surface area contributed by atoms with Crippen molar-refractivity contribution in [2.45, 2.75) is 39.7 Å². The van der Waals surface area contributed by atoms with Crippen molar-refractivity contribution in [1.29, 1.82) is 0 Å². The Morgan fingerprint density at radius 1 is 1.40 bits per heavy atom. The van der Waals surface area contributed by atoms with E-state index in [1.54, 1.807) is 25.6 Å². The maximum atomic E-state index is 12.3. The third kappa shape index (κ3) is 2.61. The van der Waals surface area contributed by atoms with Crippen LogP contribution < -0.4 is 4.74 Å². The van der Waals surface area contributed by atoms with E-state index < -0.39 is 11.7 Å². The van der Waals surface area contributed by atoms with Crippen molar-refractivity contribution in [3.05, 3.63) is 24.0 Å². The van der Waals surface area contributed by atoms with Crippen molar-refractivity contribution in [3.63, 3.8) is 0 Å². The minimum atomic E-state index is -0.543. The second-order valence-electron chi connectivity index (χ2n) is 5.57. The van der Waals surface area contributed by atoms with Crippen molar-refractivity contribution in [1.82, 2.24) is 9.55 Å². The summed E-state index contributed by atoms with van der Waals surface area (Å²) in [6.45, 7) is 7.54. The van der Waals surface area contributed by atoms with Crippen LogP contribution in [0.4, 0.5) is 4.79 Å². The summed E-state index contributed by atoms with van der Waals surface area (Å²) in [6, 6.07) is 1.79. The highest BCUT2D eigenvalue weighted by Crippen LogP contribution is 2.29. The van der Waals surface area contributed by atoms with Crippen LogP contribution in [0.15, 0.2) is 18.5 Å². The summed E-state index contributed by atoms with van der Waals surface area (Å²) >= 11 is 0. The van der Waals surface area contributed by atoms with Crippen LogP contribution in [0.3, 0.4) is 0 Å². The molecule has 0 radical (unpaired) electrons. The molecule has 0 bridgehead atoms. The summed E-state index contributed by atoms with van der Waals surface area (Å²) < 4.78 is 12.2. The number of carbonyl (C=O) groups excluding carboxylic acids is 1. The van der Waals surface area contributed by atoms with Gasteiger partial charge in [0, 0.05) is 12.4 Å². The first-order valence-corrected chi connectivity index (χ1v) is 6.63. The van der Waals surface area contributed by atoms with Gasteiger partial charge in [0.25, 0.3) is 0 Å². The van der Waals surface area contributed by atoms with Crippen molar-refractivity contribution in [2.75, 3.05) is 7.11 Å². The van der Waals surface area contributed by atoms with Crippen molar-refractivity contribution >= 4 is 17.1 Å². The highest BCUT2D eigenvalue weighted by molar-refractivity contribution is 5.93. The molecule has 5 heteroatoms. The van der Waals surface area contributed by atoms with Crippen LogP contribution >= 0.6 is 0 Å². The largest absolute Gasteiger partial charge is 0.496 e. The average Bonchev–Trinajstić information content (AvgIpc) is 2.75. The van der Waals surface area contributed by atoms with Gasteiger partial charge >= 0.3 is 6.09 Å². The summed E-state index contributed by atoms with van der Waals surface area (Å²) in [4.78, 5) is 16.6. The molecule has 0 amide bonds. The van der Waals surface area contributed by atoms with E-state index in [1.807, 2.05) is 27.7 Å². The van der Waals surface area contributed by atoms with Gasteiger partial charge in [-0.05, 0) is 38.8 Å². The molecule has 0 aliphatic heterocycles. The normalized spacial score (nSPS) is 11.7. The first-order valence-electron chi connectivity index (χ1n) is 6.63. The zero-order chi connectivity index (χ0) is 14.9. The number of fused-ring (bicyclic) bond motifs is 1. The van der Waals surface area contributed by atoms with Gasteiger partial charge in [0.15, 0.2) is 5.65 Å². The molecule has 2 aromatic heterocycles. The minimum Gasteiger partial charge on any atom is -0.496 e. The molecule has 2 rings (SSSR count). The monoisotopic (exact) mass is 276 g/mol. The summed E-state index contributed by atoms with van der Waals surface area (Å²) in [7, 11) is 1.61. The second kappa shape index (κ2) is 5.15. The van der Waals surface area contributed by atoms with Crippen molar-refractivity contribution in [2.24, 2.45) is 0 Å². The number of hydrogen-bond acceptors (Lipinski definition) is 4. The maximum absolute atomic E-state index is 12.3. The highest BCUT2D eigenvalue weighted by Gasteiger charge is 2.22. The molecule has 0 aromatic carbocycles. The highest BCUT2D eigenvalue weighted by atomic mass is 16.6. The van der Waals surface area contributed by atoms with Crippen LogP contribution in [-0.2, 0) is 11.2 Å². The van der Waals surface area contributed by atoms with Gasteiger partial charge < -0.3 is 9.47 Å². The molecule has 0 atom stereocenters. The second-order valence-corrected chi connectivity index (χ2v) is 5.57. The predicted molar refractivity (Wildman–Crippen MR) is 77.3 cm³/mol. The number of nitrogens with zero attached hydrogens (tertiary/aromatic N) is 2. The Hall–Kier alpha value is -2.04. The van der Waals surface area contributed by atoms with Crippen molar-refractivity contribution in [3.8, 4) is 5.75 Å². The standard InChI is InChI=1S/C15H20N2O3/c1-6-10-9-17(14(18)20-15(2,3)4)13-12(10)11(19-5)7-8-16-13/h7-9H,6H2,1-5H3. The van der Waals surface area contributed by atoms with Crippen LogP contribution in [-0.4, -0.2) is 28.4 Å². The first kappa shape index (κ1) is 14.4. The Bertz CT molecular complexity index is 638. The zero-order valence-corrected chi connectivity index (χ0v) is 12.6. The Kier molecular flexibility index (Phi) is 3.70. The Morgan fingerprint density at radius 3 is 2.65 bits per heavy atom. The Balaban J connectivity index is 2.58. The molecule has 108 valence electrons. The summed E-state index contributed by atoms with van der Waals surface area (Å²) in [5, 5.41) is 0.864. The van der Waals surface area contributed by atoms with E-state index in [1.165, 1.54) is 4.57 Å². The van der Waals surface area contributed by atoms with Crippen LogP contribution in [0.5, 0.6) is 5.75 Å². The van der Waals surface area contributed by atoms with Crippen molar-refractivity contribution < 1.29 is 14.3 Å². The SMILES string of the molecule is CCc1cn(C(=O)OC(C)(C)C)c2nccc(OC)c12. The third-order valence-electron chi connectivity index (χ3n) is 2.92. The van der Waals surface area contributed by atoms with Gasteiger partial charge in [-0.15, -0.1) is 0 Å². The Morgan fingerprint density at radius 2 is 2.10 bits per heavy atom. The van der Waals surface area contributed by atoms with Gasteiger partial charge in [-0.2, -0.15) is 0 Å². The van der Waals surface area contributed by atoms with E-state index in [0.29, 0.717) is 11.4 Å². The lowest BCUT2D eigenvalue weighted by Crippen LogP contribution is -2.26. The molecule has 5 nitrogen and oxygen atoms in total.